The number of rotatable bonds is 5. The molecule has 0 aliphatic carbocycles. The number of halogens is 1. The Bertz CT molecular complexity index is 891. The molecule has 6 heteroatoms. The Kier molecular flexibility index (Phi) is 5.46. The van der Waals surface area contributed by atoms with Gasteiger partial charge in [-0.3, -0.25) is 9.89 Å². The Hall–Kier alpha value is -2.24. The zero-order chi connectivity index (χ0) is 17.8. The molecule has 1 aromatic heterocycles. The fourth-order valence-corrected chi connectivity index (χ4v) is 3.43. The van der Waals surface area contributed by atoms with Crippen LogP contribution in [0.4, 0.5) is 0 Å². The molecular formula is C19H17ClN2O2S. The minimum absolute atomic E-state index is 0.279. The van der Waals surface area contributed by atoms with E-state index in [0.29, 0.717) is 11.1 Å². The van der Waals surface area contributed by atoms with E-state index in [9.17, 15) is 4.79 Å². The van der Waals surface area contributed by atoms with Crippen LogP contribution in [0.15, 0.2) is 53.4 Å². The van der Waals surface area contributed by atoms with E-state index in [2.05, 4.69) is 16.3 Å². The molecule has 1 N–H and O–H groups in total. The second kappa shape index (κ2) is 7.76. The number of hydrogen-bond acceptors (Lipinski definition) is 4. The number of benzene rings is 2. The standard InChI is InChI=1S/C19H17ClN2O2S/c1-12-4-3-5-15(10-12)17-18(21-22-19(17)20)14-6-8-16(9-7-14)25-11-24-13(2)23/h3-10H,11H2,1-2H3,(H,21,22). The summed E-state index contributed by atoms with van der Waals surface area (Å²) in [6.07, 6.45) is 0. The maximum Gasteiger partial charge on any atom is 0.303 e. The van der Waals surface area contributed by atoms with Crippen LogP contribution >= 0.6 is 23.4 Å². The molecule has 3 aromatic rings. The number of aromatic nitrogens is 2. The topological polar surface area (TPSA) is 55.0 Å². The number of H-pyrrole nitrogens is 1. The average molecular weight is 373 g/mol. The van der Waals surface area contributed by atoms with Gasteiger partial charge in [-0.2, -0.15) is 5.10 Å². The van der Waals surface area contributed by atoms with Crippen molar-refractivity contribution in [1.29, 1.82) is 0 Å². The average Bonchev–Trinajstić information content (AvgIpc) is 2.97. The van der Waals surface area contributed by atoms with Crippen LogP contribution in [0.5, 0.6) is 0 Å². The third kappa shape index (κ3) is 4.24. The highest BCUT2D eigenvalue weighted by atomic mass is 35.5. The van der Waals surface area contributed by atoms with E-state index in [1.165, 1.54) is 18.7 Å². The third-order valence-electron chi connectivity index (χ3n) is 3.66. The van der Waals surface area contributed by atoms with E-state index >= 15 is 0 Å². The number of aryl methyl sites for hydroxylation is 1. The summed E-state index contributed by atoms with van der Waals surface area (Å²) in [5.74, 6) is 0.0260. The van der Waals surface area contributed by atoms with Gasteiger partial charge in [-0.25, -0.2) is 0 Å². The Balaban J connectivity index is 1.86. The highest BCUT2D eigenvalue weighted by molar-refractivity contribution is 7.99. The molecular weight excluding hydrogens is 356 g/mol. The second-order valence-electron chi connectivity index (χ2n) is 5.56. The van der Waals surface area contributed by atoms with Crippen LogP contribution in [0.3, 0.4) is 0 Å². The Morgan fingerprint density at radius 1 is 1.20 bits per heavy atom. The number of aromatic amines is 1. The van der Waals surface area contributed by atoms with E-state index < -0.39 is 0 Å². The molecule has 0 radical (unpaired) electrons. The highest BCUT2D eigenvalue weighted by Gasteiger charge is 2.15. The number of hydrogen-bond donors (Lipinski definition) is 1. The largest absolute Gasteiger partial charge is 0.454 e. The fraction of sp³-hybridized carbons (Fsp3) is 0.158. The summed E-state index contributed by atoms with van der Waals surface area (Å²) in [6.45, 7) is 3.45. The number of ether oxygens (including phenoxy) is 1. The van der Waals surface area contributed by atoms with Crippen molar-refractivity contribution in [3.8, 4) is 22.4 Å². The van der Waals surface area contributed by atoms with Gasteiger partial charge in [0.05, 0.1) is 5.69 Å². The smallest absolute Gasteiger partial charge is 0.303 e. The lowest BCUT2D eigenvalue weighted by atomic mass is 10.0. The molecule has 128 valence electrons. The lowest BCUT2D eigenvalue weighted by Gasteiger charge is -2.07. The van der Waals surface area contributed by atoms with E-state index in [-0.39, 0.29) is 5.97 Å². The highest BCUT2D eigenvalue weighted by Crippen LogP contribution is 2.36. The van der Waals surface area contributed by atoms with E-state index in [0.717, 1.165) is 32.8 Å². The first-order valence-electron chi connectivity index (χ1n) is 7.72. The molecule has 3 rings (SSSR count). The van der Waals surface area contributed by atoms with Crippen LogP contribution in [0.1, 0.15) is 12.5 Å². The molecule has 0 bridgehead atoms. The quantitative estimate of drug-likeness (QED) is 0.374. The Morgan fingerprint density at radius 2 is 1.96 bits per heavy atom. The predicted molar refractivity (Wildman–Crippen MR) is 102 cm³/mol. The van der Waals surface area contributed by atoms with Crippen molar-refractivity contribution < 1.29 is 9.53 Å². The van der Waals surface area contributed by atoms with Crippen molar-refractivity contribution in [1.82, 2.24) is 10.2 Å². The van der Waals surface area contributed by atoms with Gasteiger partial charge in [0, 0.05) is 22.9 Å². The van der Waals surface area contributed by atoms with Gasteiger partial charge in [0.15, 0.2) is 5.15 Å². The van der Waals surface area contributed by atoms with Crippen LogP contribution in [0.25, 0.3) is 22.4 Å². The Morgan fingerprint density at radius 3 is 2.64 bits per heavy atom. The van der Waals surface area contributed by atoms with Crippen LogP contribution < -0.4 is 0 Å². The van der Waals surface area contributed by atoms with Crippen molar-refractivity contribution in [3.05, 3.63) is 59.2 Å². The molecule has 25 heavy (non-hydrogen) atoms. The van der Waals surface area contributed by atoms with Crippen LogP contribution in [0, 0.1) is 6.92 Å². The predicted octanol–water partition coefficient (Wildman–Crippen LogP) is 5.32. The summed E-state index contributed by atoms with van der Waals surface area (Å²) in [6, 6.07) is 16.1. The maximum atomic E-state index is 10.8. The molecule has 0 aliphatic rings. The SMILES string of the molecule is CC(=O)OCSc1ccc(-c2[nH]nc(Cl)c2-c2cccc(C)c2)cc1. The summed E-state index contributed by atoms with van der Waals surface area (Å²) in [7, 11) is 0. The van der Waals surface area contributed by atoms with E-state index in [4.69, 9.17) is 16.3 Å². The van der Waals surface area contributed by atoms with Crippen LogP contribution in [-0.2, 0) is 9.53 Å². The zero-order valence-electron chi connectivity index (χ0n) is 13.9. The number of nitrogens with zero attached hydrogens (tertiary/aromatic N) is 1. The molecule has 0 unspecified atom stereocenters. The molecule has 1 heterocycles. The first kappa shape index (κ1) is 17.6. The van der Waals surface area contributed by atoms with Crippen molar-refractivity contribution in [2.45, 2.75) is 18.7 Å². The second-order valence-corrected chi connectivity index (χ2v) is 6.91. The molecule has 0 spiro atoms. The fourth-order valence-electron chi connectivity index (χ4n) is 2.49. The van der Waals surface area contributed by atoms with Gasteiger partial charge in [0.25, 0.3) is 0 Å². The first-order valence-corrected chi connectivity index (χ1v) is 9.08. The Labute approximate surface area is 155 Å². The molecule has 0 saturated carbocycles. The molecule has 0 atom stereocenters. The van der Waals surface area contributed by atoms with Gasteiger partial charge in [-0.15, -0.1) is 0 Å². The number of esters is 1. The monoisotopic (exact) mass is 372 g/mol. The van der Waals surface area contributed by atoms with Crippen LogP contribution in [-0.4, -0.2) is 22.1 Å². The number of carbonyl (C=O) groups is 1. The number of carbonyl (C=O) groups excluding carboxylic acids is 1. The van der Waals surface area contributed by atoms with Gasteiger partial charge >= 0.3 is 5.97 Å². The van der Waals surface area contributed by atoms with Gasteiger partial charge < -0.3 is 4.74 Å². The summed E-state index contributed by atoms with van der Waals surface area (Å²) < 4.78 is 4.94. The normalized spacial score (nSPS) is 10.7. The first-order chi connectivity index (χ1) is 12.0. The molecule has 2 aromatic carbocycles. The molecule has 0 amide bonds. The lowest BCUT2D eigenvalue weighted by Crippen LogP contribution is -1.96. The van der Waals surface area contributed by atoms with Crippen molar-refractivity contribution in [2.75, 3.05) is 5.94 Å². The molecule has 0 saturated heterocycles. The van der Waals surface area contributed by atoms with E-state index in [1.54, 1.807) is 0 Å². The van der Waals surface area contributed by atoms with E-state index in [1.807, 2.05) is 49.4 Å². The zero-order valence-corrected chi connectivity index (χ0v) is 15.4. The minimum Gasteiger partial charge on any atom is -0.454 e. The third-order valence-corrected chi connectivity index (χ3v) is 4.77. The number of thioether (sulfide) groups is 1. The van der Waals surface area contributed by atoms with Crippen molar-refractivity contribution in [3.63, 3.8) is 0 Å². The van der Waals surface area contributed by atoms with Gasteiger partial charge in [0.2, 0.25) is 0 Å². The van der Waals surface area contributed by atoms with Gasteiger partial charge in [0.1, 0.15) is 5.94 Å². The number of nitrogens with one attached hydrogen (secondary N) is 1. The minimum atomic E-state index is -0.279. The maximum absolute atomic E-state index is 10.8. The summed E-state index contributed by atoms with van der Waals surface area (Å²) in [5, 5.41) is 7.65. The van der Waals surface area contributed by atoms with Gasteiger partial charge in [-0.1, -0.05) is 65.3 Å². The summed E-state index contributed by atoms with van der Waals surface area (Å²) in [5.41, 5.74) is 4.96. The molecule has 0 fully saturated rings. The molecule has 0 aliphatic heterocycles. The summed E-state index contributed by atoms with van der Waals surface area (Å²) >= 11 is 7.78. The summed E-state index contributed by atoms with van der Waals surface area (Å²) in [4.78, 5) is 11.8. The van der Waals surface area contributed by atoms with Gasteiger partial charge in [-0.05, 0) is 24.6 Å². The molecule has 4 nitrogen and oxygen atoms in total. The van der Waals surface area contributed by atoms with Crippen molar-refractivity contribution in [2.24, 2.45) is 0 Å². The lowest BCUT2D eigenvalue weighted by molar-refractivity contribution is -0.138. The van der Waals surface area contributed by atoms with Crippen LogP contribution in [0.2, 0.25) is 5.15 Å². The van der Waals surface area contributed by atoms with Crippen molar-refractivity contribution >= 4 is 29.3 Å².